The minimum absolute atomic E-state index is 0. The van der Waals surface area contributed by atoms with Gasteiger partial charge in [0.1, 0.15) is 0 Å². The molecule has 12 heteroatoms. The Hall–Kier alpha value is -3.44. The van der Waals surface area contributed by atoms with Crippen LogP contribution < -0.4 is 5.73 Å². The topological polar surface area (TPSA) is 137 Å². The van der Waals surface area contributed by atoms with Crippen molar-refractivity contribution >= 4 is 54.3 Å². The van der Waals surface area contributed by atoms with Crippen LogP contribution in [0, 0.1) is 24.0 Å². The normalized spacial score (nSPS) is 11.4. The first-order valence-electron chi connectivity index (χ1n) is 11.7. The zero-order valence-corrected chi connectivity index (χ0v) is 24.7. The van der Waals surface area contributed by atoms with E-state index >= 15 is 0 Å². The summed E-state index contributed by atoms with van der Waals surface area (Å²) in [5, 5.41) is 11.8. The van der Waals surface area contributed by atoms with Gasteiger partial charge in [-0.1, -0.05) is 47.5 Å². The van der Waals surface area contributed by atoms with Gasteiger partial charge in [-0.3, -0.25) is 10.1 Å². The van der Waals surface area contributed by atoms with Crippen LogP contribution in [0.15, 0.2) is 94.7 Å². The van der Waals surface area contributed by atoms with Crippen molar-refractivity contribution in [1.82, 2.24) is 0 Å². The first-order chi connectivity index (χ1) is 18.7. The standard InChI is InChI=1S/C14H12ClNO4S.C14H14ClNO2S.H2/c1-10-8-11(2-7-14(10)15)9-21(19,20)13-5-3-12(4-6-13)16(17)18;1-10-8-11(2-7-14(10)15)9-19(17,18)13-5-3-12(16)4-6-13;/h2-8H,9H2,1H3;2-8H,9,16H2,1H3;1H. The van der Waals surface area contributed by atoms with Crippen molar-refractivity contribution in [2.24, 2.45) is 0 Å². The summed E-state index contributed by atoms with van der Waals surface area (Å²) in [6.45, 7) is 3.64. The average Bonchev–Trinajstić information content (AvgIpc) is 2.89. The first kappa shape index (κ1) is 31.1. The molecule has 0 radical (unpaired) electrons. The summed E-state index contributed by atoms with van der Waals surface area (Å²) in [6, 6.07) is 21.3. The van der Waals surface area contributed by atoms with Gasteiger partial charge in [-0.05, 0) is 84.6 Å². The lowest BCUT2D eigenvalue weighted by molar-refractivity contribution is -0.384. The largest absolute Gasteiger partial charge is 0.399 e. The van der Waals surface area contributed by atoms with Gasteiger partial charge in [0.05, 0.1) is 26.2 Å². The summed E-state index contributed by atoms with van der Waals surface area (Å²) >= 11 is 11.8. The smallest absolute Gasteiger partial charge is 0.269 e. The third-order valence-electron chi connectivity index (χ3n) is 5.80. The maximum absolute atomic E-state index is 12.3. The summed E-state index contributed by atoms with van der Waals surface area (Å²) in [4.78, 5) is 10.3. The molecule has 0 atom stereocenters. The molecule has 4 aromatic carbocycles. The van der Waals surface area contributed by atoms with Crippen LogP contribution in [0.1, 0.15) is 23.7 Å². The van der Waals surface area contributed by atoms with Gasteiger partial charge in [0, 0.05) is 29.3 Å². The van der Waals surface area contributed by atoms with Crippen molar-refractivity contribution in [1.29, 1.82) is 0 Å². The number of benzene rings is 4. The average molecular weight is 624 g/mol. The number of non-ortho nitro benzene ring substituents is 1. The number of nitro groups is 1. The van der Waals surface area contributed by atoms with Gasteiger partial charge in [0.25, 0.3) is 5.69 Å². The van der Waals surface area contributed by atoms with E-state index in [9.17, 15) is 26.9 Å². The number of halogens is 2. The Kier molecular flexibility index (Phi) is 9.96. The first-order valence-corrected chi connectivity index (χ1v) is 15.8. The highest BCUT2D eigenvalue weighted by Crippen LogP contribution is 2.23. The maximum atomic E-state index is 12.3. The third-order valence-corrected chi connectivity index (χ3v) is 10.1. The van der Waals surface area contributed by atoms with E-state index in [0.29, 0.717) is 21.3 Å². The molecule has 0 spiro atoms. The van der Waals surface area contributed by atoms with Crippen LogP contribution >= 0.6 is 23.2 Å². The van der Waals surface area contributed by atoms with Gasteiger partial charge in [-0.25, -0.2) is 16.8 Å². The Labute approximate surface area is 244 Å². The molecular formula is C28H28Cl2N2O6S2. The summed E-state index contributed by atoms with van der Waals surface area (Å²) in [5.74, 6) is -0.224. The predicted molar refractivity (Wildman–Crippen MR) is 160 cm³/mol. The second-order valence-electron chi connectivity index (χ2n) is 9.01. The van der Waals surface area contributed by atoms with Crippen LogP contribution in [0.2, 0.25) is 10.0 Å². The number of rotatable bonds is 7. The van der Waals surface area contributed by atoms with Crippen molar-refractivity contribution in [3.8, 4) is 0 Å². The fourth-order valence-corrected chi connectivity index (χ4v) is 6.56. The number of hydrogen-bond donors (Lipinski definition) is 1. The Morgan fingerprint density at radius 3 is 1.43 bits per heavy atom. The van der Waals surface area contributed by atoms with E-state index in [4.69, 9.17) is 28.9 Å². The van der Waals surface area contributed by atoms with Crippen molar-refractivity contribution in [2.75, 3.05) is 5.73 Å². The molecule has 4 aromatic rings. The Morgan fingerprint density at radius 1 is 0.700 bits per heavy atom. The summed E-state index contributed by atoms with van der Waals surface area (Å²) < 4.78 is 49.0. The lowest BCUT2D eigenvalue weighted by Gasteiger charge is -2.06. The molecule has 212 valence electrons. The molecule has 0 heterocycles. The molecule has 0 aliphatic carbocycles. The molecular weight excluding hydrogens is 595 g/mol. The quantitative estimate of drug-likeness (QED) is 0.133. The Balaban J connectivity index is 0.000000281. The molecule has 8 nitrogen and oxygen atoms in total. The van der Waals surface area contributed by atoms with Crippen molar-refractivity contribution in [3.63, 3.8) is 0 Å². The van der Waals surface area contributed by atoms with Crippen LogP contribution in [0.3, 0.4) is 0 Å². The van der Waals surface area contributed by atoms with Gasteiger partial charge in [0.2, 0.25) is 0 Å². The van der Waals surface area contributed by atoms with E-state index in [-0.39, 0.29) is 28.4 Å². The highest BCUT2D eigenvalue weighted by Gasteiger charge is 2.18. The monoisotopic (exact) mass is 622 g/mol. The fourth-order valence-electron chi connectivity index (χ4n) is 3.65. The van der Waals surface area contributed by atoms with Crippen LogP contribution in [0.5, 0.6) is 0 Å². The van der Waals surface area contributed by atoms with Crippen LogP contribution in [0.25, 0.3) is 0 Å². The van der Waals surface area contributed by atoms with Crippen LogP contribution in [-0.2, 0) is 31.2 Å². The Morgan fingerprint density at radius 2 is 1.07 bits per heavy atom. The molecule has 0 fully saturated rings. The number of sulfone groups is 2. The van der Waals surface area contributed by atoms with Gasteiger partial charge < -0.3 is 5.73 Å². The number of anilines is 1. The number of nitrogens with two attached hydrogens (primary N) is 1. The lowest BCUT2D eigenvalue weighted by Crippen LogP contribution is -2.05. The summed E-state index contributed by atoms with van der Waals surface area (Å²) in [6.07, 6.45) is 0. The van der Waals surface area contributed by atoms with E-state index in [1.165, 1.54) is 36.4 Å². The number of hydrogen-bond acceptors (Lipinski definition) is 7. The molecule has 0 aliphatic rings. The zero-order valence-electron chi connectivity index (χ0n) is 21.5. The molecule has 0 saturated carbocycles. The number of nitrogens with zero attached hydrogens (tertiary/aromatic N) is 1. The number of nitrogen functional groups attached to an aromatic ring is 1. The highest BCUT2D eigenvalue weighted by atomic mass is 35.5. The lowest BCUT2D eigenvalue weighted by atomic mass is 10.2. The van der Waals surface area contributed by atoms with Gasteiger partial charge in [-0.15, -0.1) is 0 Å². The van der Waals surface area contributed by atoms with E-state index < -0.39 is 24.6 Å². The summed E-state index contributed by atoms with van der Waals surface area (Å²) in [5.41, 5.74) is 8.96. The van der Waals surface area contributed by atoms with Crippen molar-refractivity contribution in [3.05, 3.63) is 127 Å². The van der Waals surface area contributed by atoms with Crippen LogP contribution in [0.4, 0.5) is 11.4 Å². The highest BCUT2D eigenvalue weighted by molar-refractivity contribution is 7.91. The molecule has 0 bridgehead atoms. The fraction of sp³-hybridized carbons (Fsp3) is 0.143. The molecule has 4 rings (SSSR count). The van der Waals surface area contributed by atoms with Gasteiger partial charge in [0.15, 0.2) is 19.7 Å². The third kappa shape index (κ3) is 8.28. The minimum Gasteiger partial charge on any atom is -0.399 e. The predicted octanol–water partition coefficient (Wildman–Crippen LogP) is 6.98. The summed E-state index contributed by atoms with van der Waals surface area (Å²) in [7, 11) is -6.91. The van der Waals surface area contributed by atoms with E-state index in [0.717, 1.165) is 16.7 Å². The molecule has 40 heavy (non-hydrogen) atoms. The van der Waals surface area contributed by atoms with E-state index in [2.05, 4.69) is 0 Å². The van der Waals surface area contributed by atoms with Gasteiger partial charge in [-0.2, -0.15) is 0 Å². The SMILES string of the molecule is Cc1cc(CS(=O)(=O)c2ccc(N)cc2)ccc1Cl.Cc1cc(CS(=O)(=O)c2ccc([N+](=O)[O-])cc2)ccc1Cl.[HH]. The van der Waals surface area contributed by atoms with Crippen molar-refractivity contribution in [2.45, 2.75) is 35.1 Å². The van der Waals surface area contributed by atoms with Crippen molar-refractivity contribution < 1.29 is 23.2 Å². The molecule has 0 aliphatic heterocycles. The molecule has 0 amide bonds. The van der Waals surface area contributed by atoms with Crippen LogP contribution in [-0.4, -0.2) is 21.8 Å². The molecule has 0 unspecified atom stereocenters. The van der Waals surface area contributed by atoms with Gasteiger partial charge >= 0.3 is 0 Å². The Bertz CT molecular complexity index is 1750. The molecule has 0 aromatic heterocycles. The number of aryl methyl sites for hydroxylation is 2. The van der Waals surface area contributed by atoms with E-state index in [1.54, 1.807) is 55.5 Å². The van der Waals surface area contributed by atoms with E-state index in [1.807, 2.05) is 6.92 Å². The maximum Gasteiger partial charge on any atom is 0.269 e. The minimum atomic E-state index is -3.55. The zero-order chi connectivity index (χ0) is 29.7. The second-order valence-corrected chi connectivity index (χ2v) is 13.8. The number of nitro benzene ring substituents is 1. The second kappa shape index (κ2) is 12.8. The molecule has 2 N–H and O–H groups in total. The molecule has 0 saturated heterocycles.